The molecule has 0 bridgehead atoms. The van der Waals surface area contributed by atoms with Crippen LogP contribution in [0.4, 0.5) is 11.4 Å². The van der Waals surface area contributed by atoms with E-state index in [0.29, 0.717) is 17.2 Å². The monoisotopic (exact) mass is 322 g/mol. The van der Waals surface area contributed by atoms with Gasteiger partial charge in [0.1, 0.15) is 23.0 Å². The lowest BCUT2D eigenvalue weighted by Gasteiger charge is -1.99. The molecule has 0 unspecified atom stereocenters. The first-order valence-corrected chi connectivity index (χ1v) is 7.21. The molecule has 6 nitrogen and oxygen atoms in total. The van der Waals surface area contributed by atoms with Gasteiger partial charge in [0.15, 0.2) is 0 Å². The summed E-state index contributed by atoms with van der Waals surface area (Å²) in [7, 11) is 0. The van der Waals surface area contributed by atoms with Gasteiger partial charge in [0.05, 0.1) is 11.1 Å². The molecule has 0 amide bonds. The van der Waals surface area contributed by atoms with Gasteiger partial charge in [0, 0.05) is 17.7 Å². The minimum Gasteiger partial charge on any atom is -0.506 e. The third-order valence-corrected chi connectivity index (χ3v) is 3.45. The molecule has 0 aliphatic rings. The third-order valence-electron chi connectivity index (χ3n) is 3.45. The first-order chi connectivity index (χ1) is 11.5. The molecule has 3 rings (SSSR count). The van der Waals surface area contributed by atoms with Crippen molar-refractivity contribution in [3.8, 4) is 17.1 Å². The van der Waals surface area contributed by atoms with Crippen molar-refractivity contribution in [2.45, 2.75) is 6.92 Å². The summed E-state index contributed by atoms with van der Waals surface area (Å²) in [6.07, 6.45) is 1.51. The van der Waals surface area contributed by atoms with Crippen LogP contribution in [0.15, 0.2) is 64.0 Å². The highest BCUT2D eigenvalue weighted by molar-refractivity contribution is 5.80. The standard InChI is InChI=1S/C18H14N2O4/c1-12-2-8-16(17(21)10-12)19-11-15-7-9-18(24-15)13-3-5-14(6-4-13)20(22)23/h2-11,21H,1H3. The minimum atomic E-state index is -0.446. The fraction of sp³-hybridized carbons (Fsp3) is 0.0556. The summed E-state index contributed by atoms with van der Waals surface area (Å²) in [4.78, 5) is 14.4. The molecule has 1 aromatic heterocycles. The van der Waals surface area contributed by atoms with Gasteiger partial charge in [-0.2, -0.15) is 0 Å². The Labute approximate surface area is 137 Å². The van der Waals surface area contributed by atoms with Gasteiger partial charge < -0.3 is 9.52 Å². The van der Waals surface area contributed by atoms with E-state index in [1.54, 1.807) is 36.4 Å². The van der Waals surface area contributed by atoms with E-state index in [1.165, 1.54) is 18.3 Å². The van der Waals surface area contributed by atoms with Gasteiger partial charge in [-0.05, 0) is 48.9 Å². The number of phenols is 1. The number of phenolic OH excluding ortho intramolecular Hbond substituents is 1. The predicted molar refractivity (Wildman–Crippen MR) is 90.9 cm³/mol. The summed E-state index contributed by atoms with van der Waals surface area (Å²) in [6.45, 7) is 1.89. The number of aryl methyl sites for hydroxylation is 1. The van der Waals surface area contributed by atoms with Crippen LogP contribution in [0, 0.1) is 17.0 Å². The molecule has 120 valence electrons. The van der Waals surface area contributed by atoms with Crippen LogP contribution in [-0.2, 0) is 0 Å². The molecule has 24 heavy (non-hydrogen) atoms. The predicted octanol–water partition coefficient (Wildman–Crippen LogP) is 4.62. The van der Waals surface area contributed by atoms with Crippen LogP contribution in [0.2, 0.25) is 0 Å². The van der Waals surface area contributed by atoms with Crippen molar-refractivity contribution in [2.75, 3.05) is 0 Å². The summed E-state index contributed by atoms with van der Waals surface area (Å²) >= 11 is 0. The Morgan fingerprint density at radius 2 is 1.88 bits per heavy atom. The Kier molecular flexibility index (Phi) is 4.11. The second-order valence-electron chi connectivity index (χ2n) is 5.26. The molecular weight excluding hydrogens is 308 g/mol. The maximum atomic E-state index is 10.7. The number of nitro groups is 1. The summed E-state index contributed by atoms with van der Waals surface area (Å²) in [5.41, 5.74) is 2.17. The van der Waals surface area contributed by atoms with E-state index in [-0.39, 0.29) is 11.4 Å². The molecule has 2 aromatic carbocycles. The normalized spacial score (nSPS) is 11.0. The highest BCUT2D eigenvalue weighted by Crippen LogP contribution is 2.28. The maximum absolute atomic E-state index is 10.7. The van der Waals surface area contributed by atoms with Gasteiger partial charge in [0.25, 0.3) is 5.69 Å². The van der Waals surface area contributed by atoms with Crippen molar-refractivity contribution in [3.63, 3.8) is 0 Å². The van der Waals surface area contributed by atoms with Gasteiger partial charge in [-0.25, -0.2) is 4.99 Å². The van der Waals surface area contributed by atoms with Gasteiger partial charge >= 0.3 is 0 Å². The molecule has 0 aliphatic heterocycles. The number of furan rings is 1. The fourth-order valence-corrected chi connectivity index (χ4v) is 2.20. The van der Waals surface area contributed by atoms with E-state index in [9.17, 15) is 15.2 Å². The fourth-order valence-electron chi connectivity index (χ4n) is 2.20. The molecule has 0 radical (unpaired) electrons. The lowest BCUT2D eigenvalue weighted by atomic mass is 10.1. The molecule has 6 heteroatoms. The van der Waals surface area contributed by atoms with E-state index in [4.69, 9.17) is 4.42 Å². The number of nitrogens with zero attached hydrogens (tertiary/aromatic N) is 2. The zero-order valence-corrected chi connectivity index (χ0v) is 12.8. The first-order valence-electron chi connectivity index (χ1n) is 7.21. The summed E-state index contributed by atoms with van der Waals surface area (Å²) < 4.78 is 5.65. The molecule has 0 saturated carbocycles. The van der Waals surface area contributed by atoms with E-state index in [1.807, 2.05) is 13.0 Å². The maximum Gasteiger partial charge on any atom is 0.269 e. The molecule has 0 fully saturated rings. The highest BCUT2D eigenvalue weighted by Gasteiger charge is 2.08. The number of aliphatic imine (C=N–C) groups is 1. The Bertz CT molecular complexity index is 911. The summed E-state index contributed by atoms with van der Waals surface area (Å²) in [6, 6.07) is 14.8. The molecule has 0 saturated heterocycles. The number of non-ortho nitro benzene ring substituents is 1. The second-order valence-corrected chi connectivity index (χ2v) is 5.26. The Balaban J connectivity index is 1.80. The molecular formula is C18H14N2O4. The smallest absolute Gasteiger partial charge is 0.269 e. The van der Waals surface area contributed by atoms with E-state index in [0.717, 1.165) is 11.1 Å². The van der Waals surface area contributed by atoms with Crippen LogP contribution in [0.25, 0.3) is 11.3 Å². The largest absolute Gasteiger partial charge is 0.506 e. The van der Waals surface area contributed by atoms with Gasteiger partial charge in [-0.3, -0.25) is 10.1 Å². The molecule has 0 atom stereocenters. The van der Waals surface area contributed by atoms with Crippen molar-refractivity contribution in [3.05, 3.63) is 76.0 Å². The second kappa shape index (κ2) is 6.37. The molecule has 3 aromatic rings. The Morgan fingerprint density at radius 3 is 2.54 bits per heavy atom. The number of nitro benzene ring substituents is 1. The van der Waals surface area contributed by atoms with Crippen LogP contribution < -0.4 is 0 Å². The molecule has 0 aliphatic carbocycles. The Hall–Kier alpha value is -3.41. The van der Waals surface area contributed by atoms with Crippen molar-refractivity contribution in [1.29, 1.82) is 0 Å². The van der Waals surface area contributed by atoms with Crippen LogP contribution in [0.3, 0.4) is 0 Å². The van der Waals surface area contributed by atoms with E-state index >= 15 is 0 Å². The van der Waals surface area contributed by atoms with Gasteiger partial charge in [-0.1, -0.05) is 6.07 Å². The van der Waals surface area contributed by atoms with Crippen LogP contribution in [0.5, 0.6) is 5.75 Å². The van der Waals surface area contributed by atoms with Crippen molar-refractivity contribution in [1.82, 2.24) is 0 Å². The minimum absolute atomic E-state index is 0.0296. The van der Waals surface area contributed by atoms with Gasteiger partial charge in [-0.15, -0.1) is 0 Å². The van der Waals surface area contributed by atoms with E-state index < -0.39 is 4.92 Å². The zero-order chi connectivity index (χ0) is 17.1. The van der Waals surface area contributed by atoms with Crippen molar-refractivity contribution < 1.29 is 14.4 Å². The van der Waals surface area contributed by atoms with Crippen LogP contribution in [0.1, 0.15) is 11.3 Å². The van der Waals surface area contributed by atoms with Gasteiger partial charge in [0.2, 0.25) is 0 Å². The number of rotatable bonds is 4. The molecule has 1 N–H and O–H groups in total. The topological polar surface area (TPSA) is 88.9 Å². The SMILES string of the molecule is Cc1ccc(N=Cc2ccc(-c3ccc([N+](=O)[O-])cc3)o2)c(O)c1. The average Bonchev–Trinajstić information content (AvgIpc) is 3.03. The molecule has 0 spiro atoms. The Morgan fingerprint density at radius 1 is 1.12 bits per heavy atom. The van der Waals surface area contributed by atoms with Crippen LogP contribution in [-0.4, -0.2) is 16.2 Å². The molecule has 1 heterocycles. The lowest BCUT2D eigenvalue weighted by molar-refractivity contribution is -0.384. The van der Waals surface area contributed by atoms with Crippen LogP contribution >= 0.6 is 0 Å². The summed E-state index contributed by atoms with van der Waals surface area (Å²) in [5.74, 6) is 1.20. The quantitative estimate of drug-likeness (QED) is 0.431. The van der Waals surface area contributed by atoms with E-state index in [2.05, 4.69) is 4.99 Å². The number of benzene rings is 2. The first kappa shape index (κ1) is 15.5. The van der Waals surface area contributed by atoms with Crippen molar-refractivity contribution in [2.24, 2.45) is 4.99 Å². The zero-order valence-electron chi connectivity index (χ0n) is 12.8. The number of hydrogen-bond donors (Lipinski definition) is 1. The average molecular weight is 322 g/mol. The number of aromatic hydroxyl groups is 1. The third kappa shape index (κ3) is 3.33. The summed E-state index contributed by atoms with van der Waals surface area (Å²) in [5, 5.41) is 20.5. The lowest BCUT2D eigenvalue weighted by Crippen LogP contribution is -1.86. The van der Waals surface area contributed by atoms with Crippen molar-refractivity contribution >= 4 is 17.6 Å². The highest BCUT2D eigenvalue weighted by atomic mass is 16.6. The number of hydrogen-bond acceptors (Lipinski definition) is 5.